The van der Waals surface area contributed by atoms with E-state index in [0.29, 0.717) is 18.1 Å². The van der Waals surface area contributed by atoms with Gasteiger partial charge in [-0.25, -0.2) is 4.98 Å². The van der Waals surface area contributed by atoms with Gasteiger partial charge in [-0.2, -0.15) is 0 Å². The lowest BCUT2D eigenvalue weighted by Crippen LogP contribution is -2.00. The third-order valence-electron chi connectivity index (χ3n) is 3.06. The quantitative estimate of drug-likeness (QED) is 0.752. The zero-order valence-electron chi connectivity index (χ0n) is 12.7. The summed E-state index contributed by atoms with van der Waals surface area (Å²) in [5.74, 6) is 0.549. The van der Waals surface area contributed by atoms with Crippen molar-refractivity contribution >= 4 is 17.3 Å². The average Bonchev–Trinajstić information content (AvgIpc) is 2.94. The molecule has 0 radical (unpaired) electrons. The van der Waals surface area contributed by atoms with Crippen molar-refractivity contribution in [2.45, 2.75) is 26.2 Å². The lowest BCUT2D eigenvalue weighted by Gasteiger charge is -2.11. The van der Waals surface area contributed by atoms with Gasteiger partial charge in [-0.3, -0.25) is 4.79 Å². The van der Waals surface area contributed by atoms with Gasteiger partial charge in [0.05, 0.1) is 31.4 Å². The van der Waals surface area contributed by atoms with Gasteiger partial charge >= 0.3 is 5.97 Å². The smallest absolute Gasteiger partial charge is 0.309 e. The number of unbranched alkanes of at least 4 members (excludes halogenated alkanes) is 1. The number of aromatic nitrogens is 1. The molecule has 0 aliphatic heterocycles. The first-order valence-electron chi connectivity index (χ1n) is 7.11. The Kier molecular flexibility index (Phi) is 5.77. The molecule has 0 amide bonds. The highest BCUT2D eigenvalue weighted by atomic mass is 32.1. The molecule has 0 unspecified atom stereocenters. The van der Waals surface area contributed by atoms with Crippen molar-refractivity contribution in [2.24, 2.45) is 0 Å². The molecule has 0 spiro atoms. The second-order valence-electron chi connectivity index (χ2n) is 4.78. The van der Waals surface area contributed by atoms with Crippen LogP contribution < -0.4 is 9.47 Å². The van der Waals surface area contributed by atoms with Crippen LogP contribution in [0.1, 0.15) is 25.5 Å². The summed E-state index contributed by atoms with van der Waals surface area (Å²) in [6, 6.07) is 5.58. The highest BCUT2D eigenvalue weighted by molar-refractivity contribution is 7.13. The summed E-state index contributed by atoms with van der Waals surface area (Å²) in [6.45, 7) is 2.73. The lowest BCUT2D eigenvalue weighted by molar-refractivity contribution is -0.136. The minimum Gasteiger partial charge on any atom is -0.497 e. The predicted octanol–water partition coefficient (Wildman–Crippen LogP) is 3.62. The maximum Gasteiger partial charge on any atom is 0.309 e. The minimum absolute atomic E-state index is 0.0708. The van der Waals surface area contributed by atoms with Crippen LogP contribution in [-0.4, -0.2) is 29.8 Å². The highest BCUT2D eigenvalue weighted by Crippen LogP contribution is 2.35. The number of methoxy groups -OCH3 is 1. The fourth-order valence-electron chi connectivity index (χ4n) is 1.92. The Balaban J connectivity index is 2.27. The van der Waals surface area contributed by atoms with Gasteiger partial charge in [0, 0.05) is 11.4 Å². The molecule has 1 heterocycles. The summed E-state index contributed by atoms with van der Waals surface area (Å²) in [4.78, 5) is 15.1. The van der Waals surface area contributed by atoms with Crippen LogP contribution in [0.3, 0.4) is 0 Å². The molecular weight excluding hydrogens is 302 g/mol. The van der Waals surface area contributed by atoms with Gasteiger partial charge in [0.15, 0.2) is 0 Å². The number of rotatable bonds is 8. The molecule has 1 aromatic carbocycles. The van der Waals surface area contributed by atoms with Gasteiger partial charge in [0.2, 0.25) is 0 Å². The number of carboxylic acids is 1. The minimum atomic E-state index is -0.883. The van der Waals surface area contributed by atoms with E-state index in [1.165, 1.54) is 11.3 Å². The van der Waals surface area contributed by atoms with E-state index in [1.54, 1.807) is 12.5 Å². The molecule has 0 aliphatic carbocycles. The zero-order chi connectivity index (χ0) is 15.9. The van der Waals surface area contributed by atoms with Gasteiger partial charge in [-0.1, -0.05) is 13.3 Å². The summed E-state index contributed by atoms with van der Waals surface area (Å²) in [6.07, 6.45) is 1.96. The largest absolute Gasteiger partial charge is 0.497 e. The van der Waals surface area contributed by atoms with Crippen molar-refractivity contribution in [1.29, 1.82) is 0 Å². The second-order valence-corrected chi connectivity index (χ2v) is 5.64. The van der Waals surface area contributed by atoms with Gasteiger partial charge in [0.1, 0.15) is 16.5 Å². The van der Waals surface area contributed by atoms with Gasteiger partial charge in [-0.15, -0.1) is 11.3 Å². The van der Waals surface area contributed by atoms with E-state index in [4.69, 9.17) is 14.6 Å². The van der Waals surface area contributed by atoms with Gasteiger partial charge < -0.3 is 14.6 Å². The first-order chi connectivity index (χ1) is 10.6. The Morgan fingerprint density at radius 2 is 2.23 bits per heavy atom. The van der Waals surface area contributed by atoms with E-state index in [0.717, 1.165) is 29.2 Å². The Labute approximate surface area is 133 Å². The molecule has 5 nitrogen and oxygen atoms in total. The molecule has 2 rings (SSSR count). The number of carbonyl (C=O) groups is 1. The van der Waals surface area contributed by atoms with Crippen LogP contribution in [0.25, 0.3) is 10.6 Å². The topological polar surface area (TPSA) is 68.7 Å². The first-order valence-corrected chi connectivity index (χ1v) is 7.99. The van der Waals surface area contributed by atoms with Crippen LogP contribution in [-0.2, 0) is 11.2 Å². The Bertz CT molecular complexity index is 639. The molecule has 0 bridgehead atoms. The predicted molar refractivity (Wildman–Crippen MR) is 85.8 cm³/mol. The number of hydrogen-bond acceptors (Lipinski definition) is 5. The summed E-state index contributed by atoms with van der Waals surface area (Å²) < 4.78 is 11.1. The number of carboxylic acid groups (broad SMARTS) is 1. The molecule has 0 aliphatic rings. The van der Waals surface area contributed by atoms with Crippen molar-refractivity contribution < 1.29 is 19.4 Å². The molecular formula is C16H19NO4S. The van der Waals surface area contributed by atoms with E-state index >= 15 is 0 Å². The molecule has 2 aromatic rings. The van der Waals surface area contributed by atoms with E-state index in [-0.39, 0.29) is 6.42 Å². The van der Waals surface area contributed by atoms with Crippen LogP contribution in [0.2, 0.25) is 0 Å². The Hall–Kier alpha value is -2.08. The number of nitrogens with zero attached hydrogens (tertiary/aromatic N) is 1. The summed E-state index contributed by atoms with van der Waals surface area (Å²) in [7, 11) is 1.61. The Morgan fingerprint density at radius 3 is 2.91 bits per heavy atom. The van der Waals surface area contributed by atoms with Crippen molar-refractivity contribution in [3.63, 3.8) is 0 Å². The molecule has 0 saturated carbocycles. The maximum atomic E-state index is 10.8. The molecule has 0 fully saturated rings. The number of hydrogen-bond donors (Lipinski definition) is 1. The van der Waals surface area contributed by atoms with Crippen LogP contribution in [0.4, 0.5) is 0 Å². The molecule has 22 heavy (non-hydrogen) atoms. The summed E-state index contributed by atoms with van der Waals surface area (Å²) in [5.41, 5.74) is 1.42. The monoisotopic (exact) mass is 321 g/mol. The molecule has 6 heteroatoms. The fraction of sp³-hybridized carbons (Fsp3) is 0.375. The third-order valence-corrected chi connectivity index (χ3v) is 3.98. The van der Waals surface area contributed by atoms with Crippen LogP contribution in [0.15, 0.2) is 23.6 Å². The fourth-order valence-corrected chi connectivity index (χ4v) is 2.77. The third kappa shape index (κ3) is 4.21. The number of benzene rings is 1. The van der Waals surface area contributed by atoms with Crippen LogP contribution in [0, 0.1) is 0 Å². The van der Waals surface area contributed by atoms with E-state index in [1.807, 2.05) is 18.2 Å². The van der Waals surface area contributed by atoms with Crippen LogP contribution >= 0.6 is 11.3 Å². The molecule has 1 N–H and O–H groups in total. The number of ether oxygens (including phenoxy) is 2. The molecule has 118 valence electrons. The van der Waals surface area contributed by atoms with E-state index in [9.17, 15) is 4.79 Å². The lowest BCUT2D eigenvalue weighted by atomic mass is 10.2. The van der Waals surface area contributed by atoms with Crippen LogP contribution in [0.5, 0.6) is 11.5 Å². The van der Waals surface area contributed by atoms with Crippen molar-refractivity contribution in [3.05, 3.63) is 29.3 Å². The standard InChI is InChI=1S/C16H19NO4S/c1-3-4-7-21-14-9-12(20-2)5-6-13(14)16-17-11(10-22-16)8-15(18)19/h5-6,9-10H,3-4,7-8H2,1-2H3,(H,18,19). The number of aliphatic carboxylic acids is 1. The molecule has 0 saturated heterocycles. The maximum absolute atomic E-state index is 10.8. The normalized spacial score (nSPS) is 10.5. The summed E-state index contributed by atoms with van der Waals surface area (Å²) >= 11 is 1.42. The molecule has 0 atom stereocenters. The Morgan fingerprint density at radius 1 is 1.41 bits per heavy atom. The zero-order valence-corrected chi connectivity index (χ0v) is 13.5. The first kappa shape index (κ1) is 16.3. The van der Waals surface area contributed by atoms with Gasteiger partial charge in [-0.05, 0) is 18.6 Å². The average molecular weight is 321 g/mol. The van der Waals surface area contributed by atoms with Crippen molar-refractivity contribution in [2.75, 3.05) is 13.7 Å². The second kappa shape index (κ2) is 7.79. The van der Waals surface area contributed by atoms with E-state index < -0.39 is 5.97 Å². The highest BCUT2D eigenvalue weighted by Gasteiger charge is 2.13. The SMILES string of the molecule is CCCCOc1cc(OC)ccc1-c1nc(CC(=O)O)cs1. The summed E-state index contributed by atoms with van der Waals surface area (Å²) in [5, 5.41) is 11.4. The number of thiazole rings is 1. The van der Waals surface area contributed by atoms with Crippen molar-refractivity contribution in [3.8, 4) is 22.1 Å². The van der Waals surface area contributed by atoms with E-state index in [2.05, 4.69) is 11.9 Å². The van der Waals surface area contributed by atoms with Gasteiger partial charge in [0.25, 0.3) is 0 Å². The molecule has 1 aromatic heterocycles. The van der Waals surface area contributed by atoms with Crippen molar-refractivity contribution in [1.82, 2.24) is 4.98 Å².